The Morgan fingerprint density at radius 3 is 2.78 bits per heavy atom. The summed E-state index contributed by atoms with van der Waals surface area (Å²) in [4.78, 5) is 20.7. The molecule has 0 atom stereocenters. The zero-order valence-electron chi connectivity index (χ0n) is 9.79. The summed E-state index contributed by atoms with van der Waals surface area (Å²) in [6.07, 6.45) is 0.163. The number of hydrogen-bond donors (Lipinski definition) is 1. The smallest absolute Gasteiger partial charge is 0.311 e. The van der Waals surface area contributed by atoms with E-state index >= 15 is 0 Å². The minimum atomic E-state index is -0.947. The standard InChI is InChI=1S/C11H13NO6/c1-17-7-18-10-4-2-8(3-5-11(13)14)6-9(10)12(15)16/h2,4,6H,3,5,7H2,1H3,(H,13,14). The number of hydrogen-bond acceptors (Lipinski definition) is 5. The topological polar surface area (TPSA) is 98.9 Å². The molecule has 1 aromatic rings. The third-order valence-corrected chi connectivity index (χ3v) is 2.18. The molecule has 1 rings (SSSR count). The van der Waals surface area contributed by atoms with Crippen LogP contribution in [0, 0.1) is 10.1 Å². The van der Waals surface area contributed by atoms with Crippen molar-refractivity contribution in [1.82, 2.24) is 0 Å². The Labute approximate surface area is 103 Å². The van der Waals surface area contributed by atoms with Crippen LogP contribution in [-0.4, -0.2) is 29.9 Å². The van der Waals surface area contributed by atoms with Gasteiger partial charge in [-0.25, -0.2) is 0 Å². The molecule has 0 radical (unpaired) electrons. The van der Waals surface area contributed by atoms with Gasteiger partial charge in [0.2, 0.25) is 0 Å². The average molecular weight is 255 g/mol. The lowest BCUT2D eigenvalue weighted by molar-refractivity contribution is -0.386. The van der Waals surface area contributed by atoms with Crippen molar-refractivity contribution >= 4 is 11.7 Å². The van der Waals surface area contributed by atoms with Crippen molar-refractivity contribution in [2.45, 2.75) is 12.8 Å². The molecule has 0 amide bonds. The highest BCUT2D eigenvalue weighted by atomic mass is 16.7. The molecule has 7 heteroatoms. The number of methoxy groups -OCH3 is 1. The van der Waals surface area contributed by atoms with Gasteiger partial charge in [-0.3, -0.25) is 14.9 Å². The predicted molar refractivity (Wildman–Crippen MR) is 61.6 cm³/mol. The van der Waals surface area contributed by atoms with E-state index < -0.39 is 10.9 Å². The van der Waals surface area contributed by atoms with Crippen LogP contribution in [0.25, 0.3) is 0 Å². The fourth-order valence-corrected chi connectivity index (χ4v) is 1.36. The fourth-order valence-electron chi connectivity index (χ4n) is 1.36. The van der Waals surface area contributed by atoms with Crippen molar-refractivity contribution in [3.05, 3.63) is 33.9 Å². The lowest BCUT2D eigenvalue weighted by Crippen LogP contribution is -2.03. The molecular weight excluding hydrogens is 242 g/mol. The first-order valence-corrected chi connectivity index (χ1v) is 5.15. The molecule has 0 fully saturated rings. The molecule has 0 aliphatic heterocycles. The number of nitro benzene ring substituents is 1. The molecule has 7 nitrogen and oxygen atoms in total. The molecule has 0 unspecified atom stereocenters. The molecule has 0 heterocycles. The average Bonchev–Trinajstić information content (AvgIpc) is 2.34. The molecule has 0 aliphatic carbocycles. The lowest BCUT2D eigenvalue weighted by atomic mass is 10.1. The molecule has 18 heavy (non-hydrogen) atoms. The Bertz CT molecular complexity index is 445. The highest BCUT2D eigenvalue weighted by Crippen LogP contribution is 2.28. The number of aryl methyl sites for hydroxylation is 1. The normalized spacial score (nSPS) is 10.1. The second-order valence-electron chi connectivity index (χ2n) is 3.50. The summed E-state index contributed by atoms with van der Waals surface area (Å²) in [7, 11) is 1.41. The molecule has 0 saturated carbocycles. The number of carbonyl (C=O) groups is 1. The van der Waals surface area contributed by atoms with Crippen LogP contribution in [-0.2, 0) is 16.0 Å². The van der Waals surface area contributed by atoms with Crippen LogP contribution in [0.4, 0.5) is 5.69 Å². The lowest BCUT2D eigenvalue weighted by Gasteiger charge is -2.06. The number of nitro groups is 1. The summed E-state index contributed by atoms with van der Waals surface area (Å²) < 4.78 is 9.72. The van der Waals surface area contributed by atoms with Gasteiger partial charge < -0.3 is 14.6 Å². The molecule has 0 aliphatic rings. The van der Waals surface area contributed by atoms with Gasteiger partial charge >= 0.3 is 11.7 Å². The first-order chi connectivity index (χ1) is 8.54. The molecule has 0 bridgehead atoms. The molecule has 1 N–H and O–H groups in total. The molecule has 1 aromatic carbocycles. The largest absolute Gasteiger partial charge is 0.481 e. The minimum absolute atomic E-state index is 0.0740. The zero-order valence-corrected chi connectivity index (χ0v) is 9.79. The minimum Gasteiger partial charge on any atom is -0.481 e. The van der Waals surface area contributed by atoms with E-state index in [0.717, 1.165) is 0 Å². The van der Waals surface area contributed by atoms with E-state index in [1.807, 2.05) is 0 Å². The van der Waals surface area contributed by atoms with Crippen LogP contribution in [0.5, 0.6) is 5.75 Å². The molecule has 0 saturated heterocycles. The van der Waals surface area contributed by atoms with Gasteiger partial charge in [-0.15, -0.1) is 0 Å². The molecule has 0 aromatic heterocycles. The van der Waals surface area contributed by atoms with E-state index in [1.54, 1.807) is 6.07 Å². The van der Waals surface area contributed by atoms with E-state index in [4.69, 9.17) is 9.84 Å². The molecular formula is C11H13NO6. The number of ether oxygens (including phenoxy) is 2. The van der Waals surface area contributed by atoms with Crippen LogP contribution in [0.2, 0.25) is 0 Å². The summed E-state index contributed by atoms with van der Waals surface area (Å²) in [5.74, 6) is -0.849. The maximum atomic E-state index is 10.8. The SMILES string of the molecule is COCOc1ccc(CCC(=O)O)cc1[N+](=O)[O-]. The Morgan fingerprint density at radius 1 is 1.50 bits per heavy atom. The van der Waals surface area contributed by atoms with Crippen LogP contribution in [0.15, 0.2) is 18.2 Å². The number of carboxylic acid groups (broad SMARTS) is 1. The van der Waals surface area contributed by atoms with Crippen molar-refractivity contribution < 1.29 is 24.3 Å². The van der Waals surface area contributed by atoms with Crippen LogP contribution in [0.1, 0.15) is 12.0 Å². The Hall–Kier alpha value is -2.15. The number of rotatable bonds is 7. The van der Waals surface area contributed by atoms with E-state index in [0.29, 0.717) is 5.56 Å². The predicted octanol–water partition coefficient (Wildman–Crippen LogP) is 1.59. The quantitative estimate of drug-likeness (QED) is 0.451. The molecule has 98 valence electrons. The summed E-state index contributed by atoms with van der Waals surface area (Å²) in [5, 5.41) is 19.4. The van der Waals surface area contributed by atoms with E-state index in [9.17, 15) is 14.9 Å². The van der Waals surface area contributed by atoms with Crippen molar-refractivity contribution in [1.29, 1.82) is 0 Å². The van der Waals surface area contributed by atoms with Gasteiger partial charge in [0, 0.05) is 19.6 Å². The van der Waals surface area contributed by atoms with Gasteiger partial charge in [0.15, 0.2) is 12.5 Å². The highest BCUT2D eigenvalue weighted by Gasteiger charge is 2.16. The Kier molecular flexibility index (Phi) is 5.06. The maximum absolute atomic E-state index is 10.8. The second kappa shape index (κ2) is 6.55. The van der Waals surface area contributed by atoms with Gasteiger partial charge in [-0.1, -0.05) is 6.07 Å². The van der Waals surface area contributed by atoms with Crippen molar-refractivity contribution in [2.24, 2.45) is 0 Å². The summed E-state index contributed by atoms with van der Waals surface area (Å²) in [6.45, 7) is -0.0880. The van der Waals surface area contributed by atoms with Crippen LogP contribution >= 0.6 is 0 Å². The zero-order chi connectivity index (χ0) is 13.5. The Balaban J connectivity index is 2.88. The van der Waals surface area contributed by atoms with Crippen molar-refractivity contribution in [3.8, 4) is 5.75 Å². The van der Waals surface area contributed by atoms with Crippen LogP contribution in [0.3, 0.4) is 0 Å². The van der Waals surface area contributed by atoms with E-state index in [1.165, 1.54) is 19.2 Å². The summed E-state index contributed by atoms with van der Waals surface area (Å²) >= 11 is 0. The Morgan fingerprint density at radius 2 is 2.22 bits per heavy atom. The monoisotopic (exact) mass is 255 g/mol. The summed E-state index contributed by atoms with van der Waals surface area (Å²) in [5.41, 5.74) is 0.379. The molecule has 0 spiro atoms. The number of benzene rings is 1. The van der Waals surface area contributed by atoms with Gasteiger partial charge in [0.05, 0.1) is 4.92 Å². The van der Waals surface area contributed by atoms with E-state index in [2.05, 4.69) is 4.74 Å². The summed E-state index contributed by atoms with van der Waals surface area (Å²) in [6, 6.07) is 4.35. The first-order valence-electron chi connectivity index (χ1n) is 5.15. The highest BCUT2D eigenvalue weighted by molar-refractivity contribution is 5.67. The van der Waals surface area contributed by atoms with Crippen LogP contribution < -0.4 is 4.74 Å². The maximum Gasteiger partial charge on any atom is 0.311 e. The van der Waals surface area contributed by atoms with Crippen molar-refractivity contribution in [3.63, 3.8) is 0 Å². The van der Waals surface area contributed by atoms with Gasteiger partial charge in [-0.2, -0.15) is 0 Å². The third-order valence-electron chi connectivity index (χ3n) is 2.18. The second-order valence-corrected chi connectivity index (χ2v) is 3.50. The first kappa shape index (κ1) is 13.9. The van der Waals surface area contributed by atoms with Gasteiger partial charge in [-0.05, 0) is 18.1 Å². The number of aliphatic carboxylic acids is 1. The fraction of sp³-hybridized carbons (Fsp3) is 0.364. The van der Waals surface area contributed by atoms with E-state index in [-0.39, 0.29) is 31.1 Å². The van der Waals surface area contributed by atoms with Crippen molar-refractivity contribution in [2.75, 3.05) is 13.9 Å². The number of nitrogens with zero attached hydrogens (tertiary/aromatic N) is 1. The third kappa shape index (κ3) is 4.02. The van der Waals surface area contributed by atoms with Gasteiger partial charge in [0.1, 0.15) is 0 Å². The number of carboxylic acids is 1. The van der Waals surface area contributed by atoms with Gasteiger partial charge in [0.25, 0.3) is 0 Å².